The number of nitrogens with zero attached hydrogens (tertiary/aromatic N) is 1. The molecule has 1 aliphatic rings. The Morgan fingerprint density at radius 3 is 2.41 bits per heavy atom. The van der Waals surface area contributed by atoms with E-state index >= 15 is 0 Å². The zero-order valence-electron chi connectivity index (χ0n) is 17.6. The lowest BCUT2D eigenvalue weighted by molar-refractivity contribution is 0.0716. The molecule has 3 amide bonds. The van der Waals surface area contributed by atoms with Crippen molar-refractivity contribution in [2.24, 2.45) is 0 Å². The van der Waals surface area contributed by atoms with Gasteiger partial charge in [-0.05, 0) is 42.0 Å². The van der Waals surface area contributed by atoms with Gasteiger partial charge in [-0.15, -0.1) is 0 Å². The third-order valence-electron chi connectivity index (χ3n) is 5.24. The average Bonchev–Trinajstić information content (AvgIpc) is 3.14. The van der Waals surface area contributed by atoms with Gasteiger partial charge >= 0.3 is 0 Å². The highest BCUT2D eigenvalue weighted by Crippen LogP contribution is 2.26. The lowest BCUT2D eigenvalue weighted by Gasteiger charge is -2.14. The number of rotatable bonds is 7. The minimum Gasteiger partial charge on any atom is -0.383 e. The van der Waals surface area contributed by atoms with E-state index in [1.54, 1.807) is 60.5 Å². The first-order valence-corrected chi connectivity index (χ1v) is 10.2. The van der Waals surface area contributed by atoms with Gasteiger partial charge in [0.25, 0.3) is 17.7 Å². The molecule has 1 heterocycles. The van der Waals surface area contributed by atoms with Crippen molar-refractivity contribution in [3.63, 3.8) is 0 Å². The molecule has 0 spiro atoms. The van der Waals surface area contributed by atoms with Gasteiger partial charge in [0.1, 0.15) is 0 Å². The Bertz CT molecular complexity index is 1160. The van der Waals surface area contributed by atoms with Crippen LogP contribution in [-0.4, -0.2) is 42.9 Å². The molecule has 3 aromatic rings. The highest BCUT2D eigenvalue weighted by Gasteiger charge is 2.31. The number of methoxy groups -OCH3 is 1. The fraction of sp³-hybridized carbons (Fsp3) is 0.160. The van der Waals surface area contributed by atoms with Crippen molar-refractivity contribution in [3.8, 4) is 0 Å². The Hall–Kier alpha value is -3.97. The summed E-state index contributed by atoms with van der Waals surface area (Å²) >= 11 is 0. The Labute approximate surface area is 186 Å². The number of amides is 3. The SMILES string of the molecule is COCCN1Cc2cccc(C(=O)Nc3cccc(C(=O)Nc4ccccc4)c3)c2C1=O. The Balaban J connectivity index is 1.50. The molecule has 7 heteroatoms. The Morgan fingerprint density at radius 2 is 1.62 bits per heavy atom. The van der Waals surface area contributed by atoms with Crippen LogP contribution in [0.5, 0.6) is 0 Å². The van der Waals surface area contributed by atoms with Crippen LogP contribution in [0.15, 0.2) is 72.8 Å². The van der Waals surface area contributed by atoms with Crippen LogP contribution in [0, 0.1) is 0 Å². The molecule has 0 bridgehead atoms. The third-order valence-corrected chi connectivity index (χ3v) is 5.24. The van der Waals surface area contributed by atoms with Crippen molar-refractivity contribution in [2.75, 3.05) is 30.9 Å². The van der Waals surface area contributed by atoms with Crippen LogP contribution in [-0.2, 0) is 11.3 Å². The minimum atomic E-state index is -0.399. The number of ether oxygens (including phenoxy) is 1. The molecule has 0 saturated heterocycles. The maximum absolute atomic E-state index is 13.0. The second-order valence-corrected chi connectivity index (χ2v) is 7.41. The summed E-state index contributed by atoms with van der Waals surface area (Å²) in [4.78, 5) is 40.1. The Kier molecular flexibility index (Phi) is 6.28. The lowest BCUT2D eigenvalue weighted by Crippen LogP contribution is -2.28. The normalized spacial score (nSPS) is 12.4. The molecule has 162 valence electrons. The number of hydrogen-bond donors (Lipinski definition) is 2. The first-order chi connectivity index (χ1) is 15.6. The van der Waals surface area contributed by atoms with Crippen LogP contribution >= 0.6 is 0 Å². The molecule has 2 N–H and O–H groups in total. The van der Waals surface area contributed by atoms with Gasteiger partial charge in [-0.3, -0.25) is 14.4 Å². The zero-order chi connectivity index (χ0) is 22.5. The van der Waals surface area contributed by atoms with Gasteiger partial charge in [0.15, 0.2) is 0 Å². The largest absolute Gasteiger partial charge is 0.383 e. The van der Waals surface area contributed by atoms with Crippen molar-refractivity contribution in [1.82, 2.24) is 4.90 Å². The monoisotopic (exact) mass is 429 g/mol. The number of para-hydroxylation sites is 1. The number of nitrogens with one attached hydrogen (secondary N) is 2. The number of carbonyl (C=O) groups is 3. The molecule has 0 saturated carbocycles. The molecule has 0 fully saturated rings. The fourth-order valence-corrected chi connectivity index (χ4v) is 3.65. The minimum absolute atomic E-state index is 0.182. The van der Waals surface area contributed by atoms with Crippen molar-refractivity contribution in [3.05, 3.63) is 95.1 Å². The first kappa shape index (κ1) is 21.3. The Morgan fingerprint density at radius 1 is 0.906 bits per heavy atom. The molecule has 0 aliphatic carbocycles. The van der Waals surface area contributed by atoms with Gasteiger partial charge in [0, 0.05) is 37.1 Å². The lowest BCUT2D eigenvalue weighted by atomic mass is 10.0. The molecule has 3 aromatic carbocycles. The summed E-state index contributed by atoms with van der Waals surface area (Å²) in [6, 6.07) is 21.1. The number of anilines is 2. The second-order valence-electron chi connectivity index (χ2n) is 7.41. The van der Waals surface area contributed by atoms with Crippen LogP contribution < -0.4 is 10.6 Å². The van der Waals surface area contributed by atoms with Gasteiger partial charge < -0.3 is 20.3 Å². The number of fused-ring (bicyclic) bond motifs is 1. The molecule has 1 aliphatic heterocycles. The number of carbonyl (C=O) groups excluding carboxylic acids is 3. The van der Waals surface area contributed by atoms with E-state index in [0.717, 1.165) is 5.56 Å². The second kappa shape index (κ2) is 9.45. The summed E-state index contributed by atoms with van der Waals surface area (Å²) in [6.07, 6.45) is 0. The summed E-state index contributed by atoms with van der Waals surface area (Å²) in [5, 5.41) is 5.63. The summed E-state index contributed by atoms with van der Waals surface area (Å²) in [6.45, 7) is 1.34. The number of hydrogen-bond acceptors (Lipinski definition) is 4. The predicted molar refractivity (Wildman–Crippen MR) is 122 cm³/mol. The molecule has 0 unspecified atom stereocenters. The molecule has 32 heavy (non-hydrogen) atoms. The van der Waals surface area contributed by atoms with E-state index < -0.39 is 5.91 Å². The topological polar surface area (TPSA) is 87.7 Å². The van der Waals surface area contributed by atoms with Gasteiger partial charge in [-0.1, -0.05) is 36.4 Å². The third kappa shape index (κ3) is 4.53. The summed E-state index contributed by atoms with van der Waals surface area (Å²) in [5.41, 5.74) is 3.10. The summed E-state index contributed by atoms with van der Waals surface area (Å²) in [7, 11) is 1.58. The van der Waals surface area contributed by atoms with E-state index in [9.17, 15) is 14.4 Å². The standard InChI is InChI=1S/C25H23N3O4/c1-32-14-13-28-16-18-8-6-12-21(22(18)25(28)31)24(30)27-20-11-5-7-17(15-20)23(29)26-19-9-3-2-4-10-19/h2-12,15H,13-14,16H2,1H3,(H,26,29)(H,27,30). The molecule has 0 atom stereocenters. The fourth-order valence-electron chi connectivity index (χ4n) is 3.65. The van der Waals surface area contributed by atoms with Crippen molar-refractivity contribution >= 4 is 29.1 Å². The maximum atomic E-state index is 13.0. The average molecular weight is 429 g/mol. The molecule has 0 aromatic heterocycles. The van der Waals surface area contributed by atoms with Crippen molar-refractivity contribution in [1.29, 1.82) is 0 Å². The predicted octanol–water partition coefficient (Wildman–Crippen LogP) is 3.79. The molecular weight excluding hydrogens is 406 g/mol. The van der Waals surface area contributed by atoms with Crippen LogP contribution in [0.25, 0.3) is 0 Å². The maximum Gasteiger partial charge on any atom is 0.256 e. The summed E-state index contributed by atoms with van der Waals surface area (Å²) in [5.74, 6) is -0.861. The molecule has 7 nitrogen and oxygen atoms in total. The van der Waals surface area contributed by atoms with Crippen molar-refractivity contribution < 1.29 is 19.1 Å². The van der Waals surface area contributed by atoms with Crippen LogP contribution in [0.3, 0.4) is 0 Å². The van der Waals surface area contributed by atoms with Crippen molar-refractivity contribution in [2.45, 2.75) is 6.54 Å². The van der Waals surface area contributed by atoms with E-state index in [2.05, 4.69) is 10.6 Å². The quantitative estimate of drug-likeness (QED) is 0.598. The molecule has 4 rings (SSSR count). The zero-order valence-corrected chi connectivity index (χ0v) is 17.6. The van der Waals surface area contributed by atoms with E-state index in [1.165, 1.54) is 0 Å². The van der Waals surface area contributed by atoms with E-state index in [1.807, 2.05) is 24.3 Å². The first-order valence-electron chi connectivity index (χ1n) is 10.2. The van der Waals surface area contributed by atoms with Gasteiger partial charge in [0.2, 0.25) is 0 Å². The van der Waals surface area contributed by atoms with E-state index in [-0.39, 0.29) is 11.8 Å². The van der Waals surface area contributed by atoms with E-state index in [4.69, 9.17) is 4.74 Å². The highest BCUT2D eigenvalue weighted by atomic mass is 16.5. The molecular formula is C25H23N3O4. The van der Waals surface area contributed by atoms with Gasteiger partial charge in [0.05, 0.1) is 17.7 Å². The van der Waals surface area contributed by atoms with Crippen LogP contribution in [0.1, 0.15) is 36.6 Å². The number of benzene rings is 3. The smallest absolute Gasteiger partial charge is 0.256 e. The van der Waals surface area contributed by atoms with Gasteiger partial charge in [-0.2, -0.15) is 0 Å². The summed E-state index contributed by atoms with van der Waals surface area (Å²) < 4.78 is 5.07. The van der Waals surface area contributed by atoms with E-state index in [0.29, 0.717) is 47.8 Å². The van der Waals surface area contributed by atoms with Crippen LogP contribution in [0.4, 0.5) is 11.4 Å². The molecule has 0 radical (unpaired) electrons. The van der Waals surface area contributed by atoms with Crippen LogP contribution in [0.2, 0.25) is 0 Å². The van der Waals surface area contributed by atoms with Gasteiger partial charge in [-0.25, -0.2) is 0 Å². The highest BCUT2D eigenvalue weighted by molar-refractivity contribution is 6.14.